The van der Waals surface area contributed by atoms with Crippen molar-refractivity contribution in [2.75, 3.05) is 7.05 Å². The van der Waals surface area contributed by atoms with E-state index in [2.05, 4.69) is 35.1 Å². The van der Waals surface area contributed by atoms with E-state index in [1.807, 2.05) is 19.2 Å². The van der Waals surface area contributed by atoms with Crippen LogP contribution in [0.25, 0.3) is 0 Å². The summed E-state index contributed by atoms with van der Waals surface area (Å²) in [5.74, 6) is -0.212. The molecule has 1 nitrogen and oxygen atoms in total. The lowest BCUT2D eigenvalue weighted by atomic mass is 9.95. The summed E-state index contributed by atoms with van der Waals surface area (Å²) in [7, 11) is 1.93. The van der Waals surface area contributed by atoms with Gasteiger partial charge in [-0.1, -0.05) is 6.07 Å². The van der Waals surface area contributed by atoms with Gasteiger partial charge in [-0.05, 0) is 60.9 Å². The lowest BCUT2D eigenvalue weighted by Crippen LogP contribution is -2.38. The molecule has 1 N–H and O–H groups in total. The van der Waals surface area contributed by atoms with Crippen molar-refractivity contribution >= 4 is 15.9 Å². The van der Waals surface area contributed by atoms with Crippen molar-refractivity contribution in [2.45, 2.75) is 25.8 Å². The molecule has 0 amide bonds. The van der Waals surface area contributed by atoms with Crippen molar-refractivity contribution in [3.63, 3.8) is 0 Å². The predicted octanol–water partition coefficient (Wildman–Crippen LogP) is 3.13. The van der Waals surface area contributed by atoms with Crippen molar-refractivity contribution in [1.82, 2.24) is 5.32 Å². The van der Waals surface area contributed by atoms with Gasteiger partial charge in [-0.25, -0.2) is 4.39 Å². The lowest BCUT2D eigenvalue weighted by Gasteiger charge is -2.24. The molecular weight excluding hydrogens is 245 g/mol. The highest BCUT2D eigenvalue weighted by atomic mass is 79.9. The first-order valence-electron chi connectivity index (χ1n) is 4.57. The number of halogens is 2. The second-order valence-corrected chi connectivity index (χ2v) is 4.91. The summed E-state index contributed by atoms with van der Waals surface area (Å²) in [5, 5.41) is 3.21. The molecule has 0 radical (unpaired) electrons. The molecule has 0 aliphatic carbocycles. The Kier molecular flexibility index (Phi) is 3.67. The molecule has 0 heterocycles. The van der Waals surface area contributed by atoms with E-state index in [1.165, 1.54) is 6.07 Å². The summed E-state index contributed by atoms with van der Waals surface area (Å²) >= 11 is 3.18. The molecule has 0 spiro atoms. The van der Waals surface area contributed by atoms with Crippen molar-refractivity contribution < 1.29 is 4.39 Å². The van der Waals surface area contributed by atoms with E-state index in [0.29, 0.717) is 4.47 Å². The first kappa shape index (κ1) is 11.7. The minimum Gasteiger partial charge on any atom is -0.314 e. The van der Waals surface area contributed by atoms with Gasteiger partial charge in [-0.15, -0.1) is 0 Å². The van der Waals surface area contributed by atoms with E-state index in [0.717, 1.165) is 12.0 Å². The fourth-order valence-electron chi connectivity index (χ4n) is 1.25. The van der Waals surface area contributed by atoms with Gasteiger partial charge >= 0.3 is 0 Å². The molecule has 14 heavy (non-hydrogen) atoms. The standard InChI is InChI=1S/C11H15BrFN/c1-11(2,14-3)7-8-4-5-10(13)9(12)6-8/h4-6,14H,7H2,1-3H3. The molecule has 0 aliphatic heterocycles. The van der Waals surface area contributed by atoms with Crippen LogP contribution in [0.3, 0.4) is 0 Å². The summed E-state index contributed by atoms with van der Waals surface area (Å²) in [6.07, 6.45) is 0.877. The van der Waals surface area contributed by atoms with Gasteiger partial charge in [0.1, 0.15) is 5.82 Å². The Bertz CT molecular complexity index is 323. The molecule has 3 heteroatoms. The maximum Gasteiger partial charge on any atom is 0.137 e. The van der Waals surface area contributed by atoms with Crippen LogP contribution < -0.4 is 5.32 Å². The molecule has 1 rings (SSSR count). The van der Waals surface area contributed by atoms with Crippen LogP contribution in [0.1, 0.15) is 19.4 Å². The van der Waals surface area contributed by atoms with Crippen LogP contribution in [0.5, 0.6) is 0 Å². The first-order valence-corrected chi connectivity index (χ1v) is 5.37. The zero-order valence-electron chi connectivity index (χ0n) is 8.70. The van der Waals surface area contributed by atoms with Gasteiger partial charge < -0.3 is 5.32 Å². The van der Waals surface area contributed by atoms with Gasteiger partial charge in [0, 0.05) is 5.54 Å². The van der Waals surface area contributed by atoms with Gasteiger partial charge in [0.2, 0.25) is 0 Å². The highest BCUT2D eigenvalue weighted by molar-refractivity contribution is 9.10. The first-order chi connectivity index (χ1) is 6.44. The van der Waals surface area contributed by atoms with Gasteiger partial charge in [-0.3, -0.25) is 0 Å². The molecule has 0 aliphatic rings. The lowest BCUT2D eigenvalue weighted by molar-refractivity contribution is 0.421. The molecule has 0 fully saturated rings. The highest BCUT2D eigenvalue weighted by Crippen LogP contribution is 2.20. The third kappa shape index (κ3) is 3.07. The van der Waals surface area contributed by atoms with Gasteiger partial charge in [0.25, 0.3) is 0 Å². The molecule has 1 aromatic rings. The van der Waals surface area contributed by atoms with Crippen LogP contribution in [0.4, 0.5) is 4.39 Å². The van der Waals surface area contributed by atoms with E-state index in [-0.39, 0.29) is 11.4 Å². The molecule has 0 saturated heterocycles. The van der Waals surface area contributed by atoms with Gasteiger partial charge in [-0.2, -0.15) is 0 Å². The molecule has 0 bridgehead atoms. The Balaban J connectivity index is 2.83. The average molecular weight is 260 g/mol. The molecular formula is C11H15BrFN. The third-order valence-electron chi connectivity index (χ3n) is 2.31. The number of rotatable bonds is 3. The van der Waals surface area contributed by atoms with Crippen molar-refractivity contribution in [3.05, 3.63) is 34.1 Å². The molecule has 78 valence electrons. The largest absolute Gasteiger partial charge is 0.314 e. The van der Waals surface area contributed by atoms with E-state index in [9.17, 15) is 4.39 Å². The normalized spacial score (nSPS) is 11.8. The van der Waals surface area contributed by atoms with E-state index < -0.39 is 0 Å². The number of hydrogen-bond donors (Lipinski definition) is 1. The summed E-state index contributed by atoms with van der Waals surface area (Å²) < 4.78 is 13.5. The second kappa shape index (κ2) is 4.41. The minimum atomic E-state index is -0.212. The van der Waals surface area contributed by atoms with Crippen molar-refractivity contribution in [3.8, 4) is 0 Å². The van der Waals surface area contributed by atoms with Crippen LogP contribution in [0.2, 0.25) is 0 Å². The number of likely N-dealkylation sites (N-methyl/N-ethyl adjacent to an activating group) is 1. The average Bonchev–Trinajstić information content (AvgIpc) is 2.11. The Morgan fingerprint density at radius 3 is 2.57 bits per heavy atom. The zero-order valence-corrected chi connectivity index (χ0v) is 10.3. The van der Waals surface area contributed by atoms with Gasteiger partial charge in [0.05, 0.1) is 4.47 Å². The van der Waals surface area contributed by atoms with Gasteiger partial charge in [0.15, 0.2) is 0 Å². The Morgan fingerprint density at radius 1 is 1.43 bits per heavy atom. The smallest absolute Gasteiger partial charge is 0.137 e. The molecule has 0 saturated carbocycles. The quantitative estimate of drug-likeness (QED) is 0.880. The van der Waals surface area contributed by atoms with Crippen LogP contribution in [0.15, 0.2) is 22.7 Å². The third-order valence-corrected chi connectivity index (χ3v) is 2.91. The second-order valence-electron chi connectivity index (χ2n) is 4.06. The Morgan fingerprint density at radius 2 is 2.07 bits per heavy atom. The monoisotopic (exact) mass is 259 g/mol. The van der Waals surface area contributed by atoms with E-state index in [4.69, 9.17) is 0 Å². The van der Waals surface area contributed by atoms with Crippen LogP contribution in [0, 0.1) is 5.82 Å². The summed E-state index contributed by atoms with van der Waals surface area (Å²) in [4.78, 5) is 0. The Hall–Kier alpha value is -0.410. The maximum absolute atomic E-state index is 13.0. The van der Waals surface area contributed by atoms with Crippen molar-refractivity contribution in [2.24, 2.45) is 0 Å². The summed E-state index contributed by atoms with van der Waals surface area (Å²) in [6.45, 7) is 4.23. The number of hydrogen-bond acceptors (Lipinski definition) is 1. The Labute approximate surface area is 92.8 Å². The highest BCUT2D eigenvalue weighted by Gasteiger charge is 2.15. The fraction of sp³-hybridized carbons (Fsp3) is 0.455. The summed E-state index contributed by atoms with van der Waals surface area (Å²) in [5.41, 5.74) is 1.16. The van der Waals surface area contributed by atoms with Crippen LogP contribution in [-0.2, 0) is 6.42 Å². The SMILES string of the molecule is CNC(C)(C)Cc1ccc(F)c(Br)c1. The molecule has 1 aromatic carbocycles. The minimum absolute atomic E-state index is 0.0390. The number of benzene rings is 1. The topological polar surface area (TPSA) is 12.0 Å². The zero-order chi connectivity index (χ0) is 10.8. The predicted molar refractivity (Wildman–Crippen MR) is 60.9 cm³/mol. The van der Waals surface area contributed by atoms with Crippen molar-refractivity contribution in [1.29, 1.82) is 0 Å². The molecule has 0 atom stereocenters. The van der Waals surface area contributed by atoms with Crippen LogP contribution in [-0.4, -0.2) is 12.6 Å². The molecule has 0 unspecified atom stereocenters. The molecule has 0 aromatic heterocycles. The summed E-state index contributed by atoms with van der Waals surface area (Å²) in [6, 6.07) is 5.14. The fourth-order valence-corrected chi connectivity index (χ4v) is 1.67. The van der Waals surface area contributed by atoms with E-state index in [1.54, 1.807) is 0 Å². The maximum atomic E-state index is 13.0. The van der Waals surface area contributed by atoms with E-state index >= 15 is 0 Å². The number of nitrogens with one attached hydrogen (secondary N) is 1. The van der Waals surface area contributed by atoms with Crippen LogP contribution >= 0.6 is 15.9 Å².